The molecule has 2 rings (SSSR count). The Balaban J connectivity index is 2.11. The number of nitrogens with zero attached hydrogens (tertiary/aromatic N) is 2. The second-order valence-corrected chi connectivity index (χ2v) is 5.86. The van der Waals surface area contributed by atoms with Gasteiger partial charge in [0.25, 0.3) is 5.56 Å². The fraction of sp³-hybridized carbons (Fsp3) is 0.643. The number of hydrogen-bond donors (Lipinski definition) is 1. The maximum Gasteiger partial charge on any atom is 0.255 e. The summed E-state index contributed by atoms with van der Waals surface area (Å²) < 4.78 is 6.63. The number of aromatic nitrogens is 2. The number of hydrogen-bond acceptors (Lipinski definition) is 4. The zero-order valence-corrected chi connectivity index (χ0v) is 13.0. The molecule has 0 atom stereocenters. The minimum atomic E-state index is -0.305. The summed E-state index contributed by atoms with van der Waals surface area (Å²) in [5.41, 5.74) is -0.305. The van der Waals surface area contributed by atoms with Crippen molar-refractivity contribution in [2.45, 2.75) is 45.2 Å². The average Bonchev–Trinajstić information content (AvgIpc) is 2.42. The van der Waals surface area contributed by atoms with Crippen LogP contribution in [0.5, 0.6) is 0 Å². The first-order valence-electron chi connectivity index (χ1n) is 7.11. The molecular weight excluding hydrogens is 294 g/mol. The summed E-state index contributed by atoms with van der Waals surface area (Å²) in [5, 5.41) is 3.09. The lowest BCUT2D eigenvalue weighted by atomic mass is 10.1. The first-order valence-corrected chi connectivity index (χ1v) is 7.49. The van der Waals surface area contributed by atoms with Gasteiger partial charge in [-0.05, 0) is 12.8 Å². The summed E-state index contributed by atoms with van der Waals surface area (Å²) in [4.78, 5) is 28.3. The fourth-order valence-electron chi connectivity index (χ4n) is 2.35. The van der Waals surface area contributed by atoms with Gasteiger partial charge in [-0.3, -0.25) is 14.2 Å². The van der Waals surface area contributed by atoms with E-state index in [0.717, 1.165) is 12.8 Å². The van der Waals surface area contributed by atoms with E-state index in [0.29, 0.717) is 19.0 Å². The third kappa shape index (κ3) is 4.28. The van der Waals surface area contributed by atoms with Crippen molar-refractivity contribution < 1.29 is 9.53 Å². The van der Waals surface area contributed by atoms with Gasteiger partial charge in [-0.25, -0.2) is 4.98 Å². The Labute approximate surface area is 128 Å². The Bertz CT molecular complexity index is 565. The SMILES string of the molecule is CC(C)c1nc(Cl)cc(=O)n1CC(=O)NC1CCOCC1. The number of rotatable bonds is 4. The molecule has 0 saturated carbocycles. The molecule has 21 heavy (non-hydrogen) atoms. The van der Waals surface area contributed by atoms with Gasteiger partial charge >= 0.3 is 0 Å². The van der Waals surface area contributed by atoms with Crippen molar-refractivity contribution in [2.24, 2.45) is 0 Å². The number of carbonyl (C=O) groups is 1. The van der Waals surface area contributed by atoms with Crippen LogP contribution in [0.4, 0.5) is 0 Å². The summed E-state index contributed by atoms with van der Waals surface area (Å²) in [6, 6.07) is 1.35. The second kappa shape index (κ2) is 7.04. The zero-order valence-electron chi connectivity index (χ0n) is 12.3. The van der Waals surface area contributed by atoms with E-state index in [1.807, 2.05) is 13.8 Å². The summed E-state index contributed by atoms with van der Waals surface area (Å²) in [7, 11) is 0. The van der Waals surface area contributed by atoms with Crippen LogP contribution in [-0.2, 0) is 16.1 Å². The van der Waals surface area contributed by atoms with Crippen LogP contribution >= 0.6 is 11.6 Å². The predicted molar refractivity (Wildman–Crippen MR) is 79.6 cm³/mol. The highest BCUT2D eigenvalue weighted by molar-refractivity contribution is 6.29. The van der Waals surface area contributed by atoms with Crippen molar-refractivity contribution in [2.75, 3.05) is 13.2 Å². The number of ether oxygens (including phenoxy) is 1. The second-order valence-electron chi connectivity index (χ2n) is 5.47. The lowest BCUT2D eigenvalue weighted by molar-refractivity contribution is -0.123. The van der Waals surface area contributed by atoms with Crippen molar-refractivity contribution in [3.63, 3.8) is 0 Å². The van der Waals surface area contributed by atoms with Gasteiger partial charge in [-0.2, -0.15) is 0 Å². The predicted octanol–water partition coefficient (Wildman–Crippen LogP) is 1.32. The van der Waals surface area contributed by atoms with E-state index in [2.05, 4.69) is 10.3 Å². The maximum atomic E-state index is 12.1. The van der Waals surface area contributed by atoms with Gasteiger partial charge in [0.1, 0.15) is 17.5 Å². The molecule has 0 unspecified atom stereocenters. The van der Waals surface area contributed by atoms with E-state index >= 15 is 0 Å². The molecule has 7 heteroatoms. The molecule has 0 aromatic carbocycles. The summed E-state index contributed by atoms with van der Waals surface area (Å²) >= 11 is 5.82. The van der Waals surface area contributed by atoms with Crippen molar-refractivity contribution in [3.05, 3.63) is 27.4 Å². The minimum absolute atomic E-state index is 0.00674. The highest BCUT2D eigenvalue weighted by Gasteiger charge is 2.18. The Morgan fingerprint density at radius 2 is 2.19 bits per heavy atom. The summed E-state index contributed by atoms with van der Waals surface area (Å²) in [6.45, 7) is 5.10. The quantitative estimate of drug-likeness (QED) is 0.851. The molecule has 1 aliphatic rings. The normalized spacial score (nSPS) is 16.2. The summed E-state index contributed by atoms with van der Waals surface area (Å²) in [5.74, 6) is 0.344. The highest BCUT2D eigenvalue weighted by Crippen LogP contribution is 2.13. The monoisotopic (exact) mass is 313 g/mol. The molecule has 0 aliphatic carbocycles. The van der Waals surface area contributed by atoms with Gasteiger partial charge in [0.15, 0.2) is 0 Å². The van der Waals surface area contributed by atoms with Crippen LogP contribution in [0.25, 0.3) is 0 Å². The average molecular weight is 314 g/mol. The number of carbonyl (C=O) groups excluding carboxylic acids is 1. The molecule has 1 amide bonds. The van der Waals surface area contributed by atoms with Gasteiger partial charge in [-0.15, -0.1) is 0 Å². The Morgan fingerprint density at radius 3 is 2.81 bits per heavy atom. The molecule has 0 spiro atoms. The minimum Gasteiger partial charge on any atom is -0.381 e. The number of amides is 1. The molecule has 116 valence electrons. The highest BCUT2D eigenvalue weighted by atomic mass is 35.5. The van der Waals surface area contributed by atoms with Crippen molar-refractivity contribution in [1.82, 2.24) is 14.9 Å². The number of halogens is 1. The van der Waals surface area contributed by atoms with Crippen molar-refractivity contribution in [1.29, 1.82) is 0 Å². The molecule has 0 radical (unpaired) electrons. The van der Waals surface area contributed by atoms with Gasteiger partial charge in [0, 0.05) is 31.2 Å². The lowest BCUT2D eigenvalue weighted by Gasteiger charge is -2.23. The van der Waals surface area contributed by atoms with Crippen LogP contribution in [0.1, 0.15) is 38.4 Å². The van der Waals surface area contributed by atoms with Crippen LogP contribution in [-0.4, -0.2) is 34.7 Å². The van der Waals surface area contributed by atoms with Crippen LogP contribution in [0.3, 0.4) is 0 Å². The van der Waals surface area contributed by atoms with Crippen LogP contribution in [0, 0.1) is 0 Å². The Kier molecular flexibility index (Phi) is 5.36. The molecular formula is C14H20ClN3O3. The van der Waals surface area contributed by atoms with Gasteiger partial charge in [0.05, 0.1) is 0 Å². The molecule has 1 fully saturated rings. The maximum absolute atomic E-state index is 12.1. The van der Waals surface area contributed by atoms with Crippen molar-refractivity contribution >= 4 is 17.5 Å². The van der Waals surface area contributed by atoms with Gasteiger partial charge in [0.2, 0.25) is 5.91 Å². The van der Waals surface area contributed by atoms with E-state index < -0.39 is 0 Å². The third-order valence-corrected chi connectivity index (χ3v) is 3.60. The molecule has 1 aromatic heterocycles. The summed E-state index contributed by atoms with van der Waals surface area (Å²) in [6.07, 6.45) is 1.60. The third-order valence-electron chi connectivity index (χ3n) is 3.41. The van der Waals surface area contributed by atoms with Gasteiger partial charge < -0.3 is 10.1 Å². The van der Waals surface area contributed by atoms with E-state index in [1.54, 1.807) is 0 Å². The van der Waals surface area contributed by atoms with E-state index in [4.69, 9.17) is 16.3 Å². The Hall–Kier alpha value is -1.40. The largest absolute Gasteiger partial charge is 0.381 e. The molecule has 1 N–H and O–H groups in total. The molecule has 6 nitrogen and oxygen atoms in total. The molecule has 1 saturated heterocycles. The van der Waals surface area contributed by atoms with E-state index in [-0.39, 0.29) is 35.1 Å². The molecule has 1 aliphatic heterocycles. The topological polar surface area (TPSA) is 73.2 Å². The first-order chi connectivity index (χ1) is 9.97. The smallest absolute Gasteiger partial charge is 0.255 e. The molecule has 2 heterocycles. The first kappa shape index (κ1) is 16.0. The van der Waals surface area contributed by atoms with Crippen molar-refractivity contribution in [3.8, 4) is 0 Å². The lowest BCUT2D eigenvalue weighted by Crippen LogP contribution is -2.42. The van der Waals surface area contributed by atoms with Crippen LogP contribution in [0.15, 0.2) is 10.9 Å². The van der Waals surface area contributed by atoms with E-state index in [9.17, 15) is 9.59 Å². The van der Waals surface area contributed by atoms with Crippen LogP contribution < -0.4 is 10.9 Å². The van der Waals surface area contributed by atoms with E-state index in [1.165, 1.54) is 10.6 Å². The Morgan fingerprint density at radius 1 is 1.52 bits per heavy atom. The van der Waals surface area contributed by atoms with Gasteiger partial charge in [-0.1, -0.05) is 25.4 Å². The molecule has 0 bridgehead atoms. The zero-order chi connectivity index (χ0) is 15.4. The molecule has 1 aromatic rings. The van der Waals surface area contributed by atoms with Crippen LogP contribution in [0.2, 0.25) is 5.15 Å². The fourth-order valence-corrected chi connectivity index (χ4v) is 2.53. The standard InChI is InChI=1S/C14H20ClN3O3/c1-9(2)14-17-11(15)7-13(20)18(14)8-12(19)16-10-3-5-21-6-4-10/h7,9-10H,3-6,8H2,1-2H3,(H,16,19). The number of nitrogens with one attached hydrogen (secondary N) is 1.